The Labute approximate surface area is 199 Å². The van der Waals surface area contributed by atoms with Gasteiger partial charge in [0, 0.05) is 25.2 Å². The van der Waals surface area contributed by atoms with Crippen molar-refractivity contribution in [2.24, 2.45) is 0 Å². The predicted molar refractivity (Wildman–Crippen MR) is 134 cm³/mol. The third kappa shape index (κ3) is 5.51. The number of hydrogen-bond donors (Lipinski definition) is 0. The van der Waals surface area contributed by atoms with E-state index in [-0.39, 0.29) is 5.91 Å². The summed E-state index contributed by atoms with van der Waals surface area (Å²) in [6.07, 6.45) is 0. The first-order chi connectivity index (χ1) is 16.0. The molecule has 3 aromatic carbocycles. The van der Waals surface area contributed by atoms with E-state index in [9.17, 15) is 4.79 Å². The summed E-state index contributed by atoms with van der Waals surface area (Å²) in [5.41, 5.74) is 3.91. The minimum atomic E-state index is -0.0877. The van der Waals surface area contributed by atoms with Gasteiger partial charge in [-0.05, 0) is 37.9 Å². The summed E-state index contributed by atoms with van der Waals surface area (Å²) in [5, 5.41) is 5.33. The zero-order chi connectivity index (χ0) is 23.2. The third-order valence-corrected chi connectivity index (χ3v) is 5.72. The number of hydrogen-bond acceptors (Lipinski definition) is 3. The highest BCUT2D eigenvalue weighted by molar-refractivity contribution is 6.32. The van der Waals surface area contributed by atoms with E-state index in [4.69, 9.17) is 16.7 Å². The Bertz CT molecular complexity index is 1210. The van der Waals surface area contributed by atoms with Crippen molar-refractivity contribution in [2.75, 3.05) is 27.2 Å². The molecule has 5 nitrogen and oxygen atoms in total. The SMILES string of the molecule is CN(C)CCN(Cc1ccccc1)C(=O)c1cc(-c2ccccc2)nn1-c1ccccc1Cl. The number of benzene rings is 3. The molecular formula is C27H27ClN4O. The van der Waals surface area contributed by atoms with Crippen LogP contribution in [0, 0.1) is 0 Å². The maximum atomic E-state index is 13.9. The van der Waals surface area contributed by atoms with Crippen molar-refractivity contribution in [3.8, 4) is 16.9 Å². The molecule has 1 aromatic heterocycles. The van der Waals surface area contributed by atoms with E-state index in [0.29, 0.717) is 29.5 Å². The van der Waals surface area contributed by atoms with Crippen LogP contribution in [0.4, 0.5) is 0 Å². The molecule has 0 fully saturated rings. The van der Waals surface area contributed by atoms with Crippen LogP contribution in [0.2, 0.25) is 5.02 Å². The van der Waals surface area contributed by atoms with Crippen LogP contribution in [0.5, 0.6) is 0 Å². The number of aromatic nitrogens is 2. The van der Waals surface area contributed by atoms with Gasteiger partial charge in [0.2, 0.25) is 0 Å². The molecule has 168 valence electrons. The highest BCUT2D eigenvalue weighted by atomic mass is 35.5. The van der Waals surface area contributed by atoms with E-state index in [0.717, 1.165) is 23.4 Å². The second-order valence-corrected chi connectivity index (χ2v) is 8.57. The molecule has 0 aliphatic rings. The van der Waals surface area contributed by atoms with Crippen LogP contribution in [0.25, 0.3) is 16.9 Å². The molecule has 0 radical (unpaired) electrons. The number of carbonyl (C=O) groups is 1. The number of amides is 1. The number of nitrogens with zero attached hydrogens (tertiary/aromatic N) is 4. The van der Waals surface area contributed by atoms with E-state index >= 15 is 0 Å². The summed E-state index contributed by atoms with van der Waals surface area (Å²) in [4.78, 5) is 17.9. The van der Waals surface area contributed by atoms with E-state index in [1.54, 1.807) is 4.68 Å². The Balaban J connectivity index is 1.77. The van der Waals surface area contributed by atoms with Crippen molar-refractivity contribution in [3.63, 3.8) is 0 Å². The molecule has 0 unspecified atom stereocenters. The first-order valence-electron chi connectivity index (χ1n) is 10.9. The van der Waals surface area contributed by atoms with Crippen LogP contribution in [-0.2, 0) is 6.54 Å². The molecule has 4 rings (SSSR count). The Morgan fingerprint density at radius 3 is 2.18 bits per heavy atom. The minimum Gasteiger partial charge on any atom is -0.332 e. The second kappa shape index (κ2) is 10.5. The minimum absolute atomic E-state index is 0.0877. The van der Waals surface area contributed by atoms with Crippen LogP contribution in [-0.4, -0.2) is 52.7 Å². The Kier molecular flexibility index (Phi) is 7.23. The molecule has 0 spiro atoms. The first-order valence-corrected chi connectivity index (χ1v) is 11.3. The van der Waals surface area contributed by atoms with Crippen molar-refractivity contribution >= 4 is 17.5 Å². The van der Waals surface area contributed by atoms with Gasteiger partial charge in [0.15, 0.2) is 0 Å². The molecule has 0 saturated heterocycles. The van der Waals surface area contributed by atoms with E-state index in [2.05, 4.69) is 4.90 Å². The van der Waals surface area contributed by atoms with E-state index < -0.39 is 0 Å². The molecule has 0 N–H and O–H groups in total. The van der Waals surface area contributed by atoms with Gasteiger partial charge in [-0.25, -0.2) is 4.68 Å². The van der Waals surface area contributed by atoms with Gasteiger partial charge in [0.1, 0.15) is 5.69 Å². The molecule has 1 amide bonds. The average molecular weight is 459 g/mol. The van der Waals surface area contributed by atoms with E-state index in [1.165, 1.54) is 0 Å². The molecule has 0 atom stereocenters. The highest BCUT2D eigenvalue weighted by Gasteiger charge is 2.24. The fourth-order valence-electron chi connectivity index (χ4n) is 3.63. The second-order valence-electron chi connectivity index (χ2n) is 8.16. The first kappa shape index (κ1) is 22.8. The summed E-state index contributed by atoms with van der Waals surface area (Å²) >= 11 is 6.51. The molecule has 0 bridgehead atoms. The van der Waals surface area contributed by atoms with Gasteiger partial charge in [-0.2, -0.15) is 5.10 Å². The third-order valence-electron chi connectivity index (χ3n) is 5.40. The summed E-state index contributed by atoms with van der Waals surface area (Å²) in [6.45, 7) is 1.86. The van der Waals surface area contributed by atoms with Gasteiger partial charge in [-0.3, -0.25) is 4.79 Å². The fraction of sp³-hybridized carbons (Fsp3) is 0.185. The van der Waals surface area contributed by atoms with Crippen molar-refractivity contribution in [3.05, 3.63) is 107 Å². The monoisotopic (exact) mass is 458 g/mol. The lowest BCUT2D eigenvalue weighted by atomic mass is 10.1. The highest BCUT2D eigenvalue weighted by Crippen LogP contribution is 2.26. The van der Waals surface area contributed by atoms with Crippen molar-refractivity contribution in [2.45, 2.75) is 6.54 Å². The Morgan fingerprint density at radius 2 is 1.52 bits per heavy atom. The quantitative estimate of drug-likeness (QED) is 0.355. The number of halogens is 1. The Hall–Kier alpha value is -3.41. The molecule has 4 aromatic rings. The molecule has 0 saturated carbocycles. The van der Waals surface area contributed by atoms with Crippen molar-refractivity contribution in [1.29, 1.82) is 0 Å². The van der Waals surface area contributed by atoms with Crippen molar-refractivity contribution in [1.82, 2.24) is 19.6 Å². The Morgan fingerprint density at radius 1 is 0.879 bits per heavy atom. The van der Waals surface area contributed by atoms with Crippen LogP contribution in [0.3, 0.4) is 0 Å². The normalized spacial score (nSPS) is 11.0. The lowest BCUT2D eigenvalue weighted by molar-refractivity contribution is 0.0722. The van der Waals surface area contributed by atoms with Crippen molar-refractivity contribution < 1.29 is 4.79 Å². The fourth-order valence-corrected chi connectivity index (χ4v) is 3.85. The zero-order valence-electron chi connectivity index (χ0n) is 18.9. The van der Waals surface area contributed by atoms with Crippen LogP contribution < -0.4 is 0 Å². The van der Waals surface area contributed by atoms with Gasteiger partial charge in [0.05, 0.1) is 16.4 Å². The van der Waals surface area contributed by atoms with E-state index in [1.807, 2.05) is 110 Å². The molecule has 1 heterocycles. The zero-order valence-corrected chi connectivity index (χ0v) is 19.6. The van der Waals surface area contributed by atoms with Gasteiger partial charge >= 0.3 is 0 Å². The van der Waals surface area contributed by atoms with Crippen LogP contribution in [0.1, 0.15) is 16.1 Å². The summed E-state index contributed by atoms with van der Waals surface area (Å²) in [5.74, 6) is -0.0877. The summed E-state index contributed by atoms with van der Waals surface area (Å²) in [7, 11) is 4.01. The molecule has 6 heteroatoms. The number of rotatable bonds is 8. The molecule has 0 aliphatic carbocycles. The largest absolute Gasteiger partial charge is 0.332 e. The molecular weight excluding hydrogens is 432 g/mol. The standard InChI is InChI=1S/C27H27ClN4O/c1-30(2)17-18-31(20-21-11-5-3-6-12-21)27(33)26-19-24(22-13-7-4-8-14-22)29-32(26)25-16-10-9-15-23(25)28/h3-16,19H,17-18,20H2,1-2H3. The van der Waals surface area contributed by atoms with Gasteiger partial charge < -0.3 is 9.80 Å². The lowest BCUT2D eigenvalue weighted by Gasteiger charge is -2.25. The topological polar surface area (TPSA) is 41.4 Å². The average Bonchev–Trinajstić information content (AvgIpc) is 3.28. The predicted octanol–water partition coefficient (Wildman–Crippen LogP) is 5.40. The number of para-hydroxylation sites is 1. The van der Waals surface area contributed by atoms with Gasteiger partial charge in [0.25, 0.3) is 5.91 Å². The van der Waals surface area contributed by atoms with Gasteiger partial charge in [-0.1, -0.05) is 84.4 Å². The summed E-state index contributed by atoms with van der Waals surface area (Å²) < 4.78 is 1.67. The van der Waals surface area contributed by atoms with Gasteiger partial charge in [-0.15, -0.1) is 0 Å². The summed E-state index contributed by atoms with van der Waals surface area (Å²) in [6, 6.07) is 29.2. The smallest absolute Gasteiger partial charge is 0.272 e. The number of likely N-dealkylation sites (N-methyl/N-ethyl adjacent to an activating group) is 1. The molecule has 0 aliphatic heterocycles. The van der Waals surface area contributed by atoms with Crippen LogP contribution in [0.15, 0.2) is 91.0 Å². The number of carbonyl (C=O) groups excluding carboxylic acids is 1. The van der Waals surface area contributed by atoms with Crippen LogP contribution >= 0.6 is 11.6 Å². The maximum Gasteiger partial charge on any atom is 0.272 e. The lowest BCUT2D eigenvalue weighted by Crippen LogP contribution is -2.37. The maximum absolute atomic E-state index is 13.9. The molecule has 33 heavy (non-hydrogen) atoms.